The number of para-hydroxylation sites is 1. The van der Waals surface area contributed by atoms with Gasteiger partial charge in [-0.15, -0.1) is 0 Å². The van der Waals surface area contributed by atoms with Gasteiger partial charge in [0.2, 0.25) is 0 Å². The summed E-state index contributed by atoms with van der Waals surface area (Å²) in [4.78, 5) is 11.6. The predicted octanol–water partition coefficient (Wildman–Crippen LogP) is 4.78. The number of fused-ring (bicyclic) bond motifs is 3. The lowest BCUT2D eigenvalue weighted by Gasteiger charge is -2.29. The fraction of sp³-hybridized carbons (Fsp3) is 0.278. The Kier molecular flexibility index (Phi) is 4.34. The van der Waals surface area contributed by atoms with E-state index in [-0.39, 0.29) is 12.1 Å². The minimum Gasteiger partial charge on any atom is -0.485 e. The van der Waals surface area contributed by atoms with Gasteiger partial charge in [0.15, 0.2) is 0 Å². The molecule has 0 spiro atoms. The van der Waals surface area contributed by atoms with E-state index >= 15 is 0 Å². The average molecular weight is 317 g/mol. The van der Waals surface area contributed by atoms with Crippen molar-refractivity contribution in [3.05, 3.63) is 53.1 Å². The van der Waals surface area contributed by atoms with Gasteiger partial charge < -0.3 is 9.47 Å². The van der Waals surface area contributed by atoms with Crippen LogP contribution in [0.15, 0.2) is 42.5 Å². The zero-order chi connectivity index (χ0) is 15.5. The number of carbonyl (C=O) groups excluding carboxylic acids is 1. The third-order valence-corrected chi connectivity index (χ3v) is 3.96. The highest BCUT2D eigenvalue weighted by Gasteiger charge is 2.26. The van der Waals surface area contributed by atoms with Crippen molar-refractivity contribution in [3.63, 3.8) is 0 Å². The molecule has 2 aromatic carbocycles. The summed E-state index contributed by atoms with van der Waals surface area (Å²) in [5.74, 6) is 0.639. The molecule has 0 aromatic heterocycles. The molecule has 1 unspecified atom stereocenters. The van der Waals surface area contributed by atoms with E-state index in [1.54, 1.807) is 6.92 Å². The van der Waals surface area contributed by atoms with Gasteiger partial charge in [0.25, 0.3) is 0 Å². The van der Waals surface area contributed by atoms with E-state index in [0.717, 1.165) is 22.4 Å². The maximum Gasteiger partial charge on any atom is 0.305 e. The summed E-state index contributed by atoms with van der Waals surface area (Å²) in [6.45, 7) is 2.20. The van der Waals surface area contributed by atoms with E-state index in [9.17, 15) is 4.79 Å². The average Bonchev–Trinajstić information content (AvgIpc) is 2.52. The Bertz CT molecular complexity index is 696. The number of hydrogen-bond donors (Lipinski definition) is 0. The van der Waals surface area contributed by atoms with Gasteiger partial charge in [-0.1, -0.05) is 35.9 Å². The second-order valence-corrected chi connectivity index (χ2v) is 5.61. The van der Waals surface area contributed by atoms with Crippen LogP contribution in [0.5, 0.6) is 5.75 Å². The van der Waals surface area contributed by atoms with Crippen LogP contribution in [0.25, 0.3) is 11.1 Å². The molecule has 0 amide bonds. The van der Waals surface area contributed by atoms with Crippen LogP contribution in [0, 0.1) is 0 Å². The molecule has 4 heteroatoms. The predicted molar refractivity (Wildman–Crippen MR) is 86.1 cm³/mol. The molecular formula is C18H17ClO3. The maximum absolute atomic E-state index is 11.6. The van der Waals surface area contributed by atoms with Crippen LogP contribution in [0.3, 0.4) is 0 Å². The molecule has 1 atom stereocenters. The summed E-state index contributed by atoms with van der Waals surface area (Å²) in [7, 11) is 0. The summed E-state index contributed by atoms with van der Waals surface area (Å²) in [6, 6.07) is 13.7. The van der Waals surface area contributed by atoms with Crippen LogP contribution in [-0.4, -0.2) is 12.6 Å². The Hall–Kier alpha value is -2.00. The van der Waals surface area contributed by atoms with Gasteiger partial charge in [-0.2, -0.15) is 0 Å². The van der Waals surface area contributed by atoms with Gasteiger partial charge in [-0.3, -0.25) is 4.79 Å². The van der Waals surface area contributed by atoms with Gasteiger partial charge in [-0.05, 0) is 37.1 Å². The van der Waals surface area contributed by atoms with Gasteiger partial charge >= 0.3 is 5.97 Å². The first-order chi connectivity index (χ1) is 10.7. The van der Waals surface area contributed by atoms with Crippen molar-refractivity contribution in [2.45, 2.75) is 25.9 Å². The number of hydrogen-bond acceptors (Lipinski definition) is 3. The number of esters is 1. The highest BCUT2D eigenvalue weighted by atomic mass is 35.5. The zero-order valence-corrected chi connectivity index (χ0v) is 13.1. The van der Waals surface area contributed by atoms with E-state index in [2.05, 4.69) is 0 Å². The van der Waals surface area contributed by atoms with Crippen molar-refractivity contribution in [2.24, 2.45) is 0 Å². The molecule has 0 saturated heterocycles. The molecule has 0 aliphatic carbocycles. The highest BCUT2D eigenvalue weighted by molar-refractivity contribution is 6.30. The normalized spacial score (nSPS) is 15.5. The van der Waals surface area contributed by atoms with Crippen LogP contribution in [0.1, 0.15) is 31.4 Å². The molecular weight excluding hydrogens is 300 g/mol. The van der Waals surface area contributed by atoms with Crippen molar-refractivity contribution >= 4 is 17.6 Å². The number of benzene rings is 2. The molecule has 0 saturated carbocycles. The molecule has 0 fully saturated rings. The zero-order valence-electron chi connectivity index (χ0n) is 12.3. The lowest BCUT2D eigenvalue weighted by molar-refractivity contribution is -0.143. The van der Waals surface area contributed by atoms with Crippen molar-refractivity contribution in [2.75, 3.05) is 6.61 Å². The van der Waals surface area contributed by atoms with Crippen molar-refractivity contribution in [1.82, 2.24) is 0 Å². The van der Waals surface area contributed by atoms with E-state index in [0.29, 0.717) is 24.5 Å². The minimum atomic E-state index is -0.200. The minimum absolute atomic E-state index is 0.187. The van der Waals surface area contributed by atoms with Crippen LogP contribution >= 0.6 is 11.6 Å². The Morgan fingerprint density at radius 1 is 1.23 bits per heavy atom. The molecule has 1 aliphatic rings. The fourth-order valence-electron chi connectivity index (χ4n) is 2.75. The Morgan fingerprint density at radius 3 is 2.86 bits per heavy atom. The number of halogens is 1. The standard InChI is InChI=1S/C18H17ClO3/c1-2-21-18(20)10-9-17-15-11-12(19)7-8-13(15)14-5-3-4-6-16(14)22-17/h3-8,11,17H,2,9-10H2,1H3. The maximum atomic E-state index is 11.6. The SMILES string of the molecule is CCOC(=O)CCC1Oc2ccccc2-c2ccc(Cl)cc21. The first-order valence-electron chi connectivity index (χ1n) is 7.40. The first kappa shape index (κ1) is 14.9. The summed E-state index contributed by atoms with van der Waals surface area (Å²) >= 11 is 6.13. The number of rotatable bonds is 4. The Balaban J connectivity index is 1.91. The van der Waals surface area contributed by atoms with Gasteiger partial charge in [0.05, 0.1) is 6.61 Å². The molecule has 0 bridgehead atoms. The van der Waals surface area contributed by atoms with Crippen LogP contribution < -0.4 is 4.74 Å². The molecule has 0 radical (unpaired) electrons. The molecule has 1 aliphatic heterocycles. The second kappa shape index (κ2) is 6.41. The van der Waals surface area contributed by atoms with Crippen molar-refractivity contribution < 1.29 is 14.3 Å². The molecule has 2 aromatic rings. The van der Waals surface area contributed by atoms with Crippen LogP contribution in [-0.2, 0) is 9.53 Å². The van der Waals surface area contributed by atoms with E-state index in [4.69, 9.17) is 21.1 Å². The lowest BCUT2D eigenvalue weighted by Crippen LogP contribution is -2.16. The number of ether oxygens (including phenoxy) is 2. The summed E-state index contributed by atoms with van der Waals surface area (Å²) in [5, 5.41) is 0.669. The highest BCUT2D eigenvalue weighted by Crippen LogP contribution is 2.44. The topological polar surface area (TPSA) is 35.5 Å². The summed E-state index contributed by atoms with van der Waals surface area (Å²) in [5.41, 5.74) is 3.19. The molecule has 1 heterocycles. The van der Waals surface area contributed by atoms with Crippen molar-refractivity contribution in [1.29, 1.82) is 0 Å². The van der Waals surface area contributed by atoms with Crippen LogP contribution in [0.2, 0.25) is 5.02 Å². The Labute approximate surface area is 134 Å². The quantitative estimate of drug-likeness (QED) is 0.761. The molecule has 0 N–H and O–H groups in total. The van der Waals surface area contributed by atoms with Crippen molar-refractivity contribution in [3.8, 4) is 16.9 Å². The number of carbonyl (C=O) groups is 1. The monoisotopic (exact) mass is 316 g/mol. The smallest absolute Gasteiger partial charge is 0.305 e. The largest absolute Gasteiger partial charge is 0.485 e. The lowest BCUT2D eigenvalue weighted by atomic mass is 9.91. The third-order valence-electron chi connectivity index (χ3n) is 3.72. The first-order valence-corrected chi connectivity index (χ1v) is 7.78. The molecule has 114 valence electrons. The molecule has 22 heavy (non-hydrogen) atoms. The van der Waals surface area contributed by atoms with Gasteiger partial charge in [-0.25, -0.2) is 0 Å². The van der Waals surface area contributed by atoms with Gasteiger partial charge in [0.1, 0.15) is 11.9 Å². The fourth-order valence-corrected chi connectivity index (χ4v) is 2.93. The second-order valence-electron chi connectivity index (χ2n) is 5.18. The summed E-state index contributed by atoms with van der Waals surface area (Å²) in [6.07, 6.45) is 0.709. The summed E-state index contributed by atoms with van der Waals surface area (Å²) < 4.78 is 11.1. The molecule has 3 nitrogen and oxygen atoms in total. The van der Waals surface area contributed by atoms with E-state index in [1.807, 2.05) is 42.5 Å². The van der Waals surface area contributed by atoms with E-state index < -0.39 is 0 Å². The molecule has 3 rings (SSSR count). The third kappa shape index (κ3) is 2.95. The van der Waals surface area contributed by atoms with Gasteiger partial charge in [0, 0.05) is 22.6 Å². The van der Waals surface area contributed by atoms with E-state index in [1.165, 1.54) is 0 Å². The van der Waals surface area contributed by atoms with Crippen LogP contribution in [0.4, 0.5) is 0 Å². The Morgan fingerprint density at radius 2 is 2.05 bits per heavy atom.